The average molecular weight is 340 g/mol. The maximum atomic E-state index is 9.64. The van der Waals surface area contributed by atoms with Gasteiger partial charge in [-0.25, -0.2) is 5.10 Å². The molecule has 0 amide bonds. The van der Waals surface area contributed by atoms with Crippen molar-refractivity contribution in [1.82, 2.24) is 14.9 Å². The summed E-state index contributed by atoms with van der Waals surface area (Å²) in [6.07, 6.45) is 1.63. The Morgan fingerprint density at radius 1 is 1.29 bits per heavy atom. The number of phenols is 1. The average Bonchev–Trinajstić information content (AvgIpc) is 2.95. The van der Waals surface area contributed by atoms with Crippen LogP contribution in [-0.2, 0) is 0 Å². The number of H-pyrrole nitrogens is 1. The molecule has 3 aromatic rings. The van der Waals surface area contributed by atoms with Gasteiger partial charge in [-0.2, -0.15) is 14.9 Å². The highest BCUT2D eigenvalue weighted by Gasteiger charge is 2.08. The van der Waals surface area contributed by atoms with Crippen LogP contribution in [0.4, 0.5) is 0 Å². The molecule has 2 aromatic carbocycles. The van der Waals surface area contributed by atoms with Gasteiger partial charge in [0.1, 0.15) is 0 Å². The molecule has 1 heterocycles. The summed E-state index contributed by atoms with van der Waals surface area (Å²) in [6, 6.07) is 12.9. The smallest absolute Gasteiger partial charge is 0.216 e. The quantitative estimate of drug-likeness (QED) is 0.563. The number of hydrogen-bond donors (Lipinski definition) is 2. The van der Waals surface area contributed by atoms with Crippen molar-refractivity contribution >= 4 is 18.4 Å². The van der Waals surface area contributed by atoms with E-state index in [0.717, 1.165) is 16.7 Å². The summed E-state index contributed by atoms with van der Waals surface area (Å²) in [5.74, 6) is 1.09. The predicted octanol–water partition coefficient (Wildman–Crippen LogP) is 3.51. The Kier molecular flexibility index (Phi) is 4.43. The number of aryl methyl sites for hydroxylation is 1. The van der Waals surface area contributed by atoms with Crippen molar-refractivity contribution < 1.29 is 9.84 Å². The summed E-state index contributed by atoms with van der Waals surface area (Å²) in [4.78, 5) is 0. The molecule has 122 valence electrons. The fraction of sp³-hybridized carbons (Fsp3) is 0.118. The van der Waals surface area contributed by atoms with Gasteiger partial charge in [-0.1, -0.05) is 23.8 Å². The fourth-order valence-corrected chi connectivity index (χ4v) is 2.45. The van der Waals surface area contributed by atoms with E-state index in [4.69, 9.17) is 17.0 Å². The molecule has 0 aliphatic carbocycles. The van der Waals surface area contributed by atoms with Gasteiger partial charge in [0.05, 0.1) is 13.3 Å². The number of benzene rings is 2. The van der Waals surface area contributed by atoms with Gasteiger partial charge in [-0.15, -0.1) is 0 Å². The monoisotopic (exact) mass is 340 g/mol. The Morgan fingerprint density at radius 3 is 2.88 bits per heavy atom. The number of rotatable bonds is 4. The molecule has 7 heteroatoms. The molecule has 0 aliphatic heterocycles. The predicted molar refractivity (Wildman–Crippen MR) is 95.2 cm³/mol. The summed E-state index contributed by atoms with van der Waals surface area (Å²) in [5.41, 5.74) is 2.81. The topological polar surface area (TPSA) is 75.4 Å². The second-order valence-electron chi connectivity index (χ2n) is 5.21. The van der Waals surface area contributed by atoms with Gasteiger partial charge in [0, 0.05) is 5.56 Å². The zero-order valence-corrected chi connectivity index (χ0v) is 14.0. The minimum absolute atomic E-state index is 0.0787. The molecule has 0 saturated carbocycles. The van der Waals surface area contributed by atoms with E-state index in [1.807, 2.05) is 31.2 Å². The lowest BCUT2D eigenvalue weighted by atomic mass is 10.1. The standard InChI is InChI=1S/C17H16N4O2S/c1-11-4-3-5-13(8-11)16-19-20-17(24)21(16)18-10-12-6-7-14(22)15(9-12)23-2/h3-10,22H,1-2H3,(H,20,24)/b18-10+. The Morgan fingerprint density at radius 2 is 2.12 bits per heavy atom. The molecule has 0 bridgehead atoms. The van der Waals surface area contributed by atoms with E-state index in [1.165, 1.54) is 7.11 Å². The van der Waals surface area contributed by atoms with E-state index in [9.17, 15) is 5.11 Å². The minimum atomic E-state index is 0.0787. The third kappa shape index (κ3) is 3.21. The number of ether oxygens (including phenoxy) is 1. The molecule has 0 aliphatic rings. The number of methoxy groups -OCH3 is 1. The lowest BCUT2D eigenvalue weighted by Crippen LogP contribution is -1.95. The molecular formula is C17H16N4O2S. The van der Waals surface area contributed by atoms with E-state index in [0.29, 0.717) is 16.3 Å². The first-order chi connectivity index (χ1) is 11.6. The number of nitrogens with zero attached hydrogens (tertiary/aromatic N) is 3. The summed E-state index contributed by atoms with van der Waals surface area (Å²) in [7, 11) is 1.50. The van der Waals surface area contributed by atoms with E-state index < -0.39 is 0 Å². The first kappa shape index (κ1) is 15.9. The lowest BCUT2D eigenvalue weighted by molar-refractivity contribution is 0.373. The van der Waals surface area contributed by atoms with E-state index >= 15 is 0 Å². The third-order valence-corrected chi connectivity index (χ3v) is 3.72. The van der Waals surface area contributed by atoms with Crippen LogP contribution in [-0.4, -0.2) is 33.3 Å². The summed E-state index contributed by atoms with van der Waals surface area (Å²) in [5, 5.41) is 21.1. The van der Waals surface area contributed by atoms with Crippen LogP contribution >= 0.6 is 12.2 Å². The molecule has 0 radical (unpaired) electrons. The van der Waals surface area contributed by atoms with Crippen molar-refractivity contribution in [3.63, 3.8) is 0 Å². The van der Waals surface area contributed by atoms with Crippen molar-refractivity contribution in [2.75, 3.05) is 7.11 Å². The van der Waals surface area contributed by atoms with Crippen LogP contribution in [0.25, 0.3) is 11.4 Å². The zero-order chi connectivity index (χ0) is 17.1. The van der Waals surface area contributed by atoms with Crippen LogP contribution in [0, 0.1) is 11.7 Å². The Labute approximate surface area is 144 Å². The number of phenolic OH excluding ortho intramolecular Hbond substituents is 1. The molecule has 3 rings (SSSR count). The largest absolute Gasteiger partial charge is 0.504 e. The zero-order valence-electron chi connectivity index (χ0n) is 13.2. The maximum Gasteiger partial charge on any atom is 0.216 e. The summed E-state index contributed by atoms with van der Waals surface area (Å²) >= 11 is 5.26. The first-order valence-electron chi connectivity index (χ1n) is 7.24. The molecule has 1 aromatic heterocycles. The van der Waals surface area contributed by atoms with Gasteiger partial charge in [-0.3, -0.25) is 0 Å². The number of hydrogen-bond acceptors (Lipinski definition) is 5. The Balaban J connectivity index is 1.99. The van der Waals surface area contributed by atoms with Crippen molar-refractivity contribution in [2.45, 2.75) is 6.92 Å². The van der Waals surface area contributed by atoms with Crippen molar-refractivity contribution in [3.05, 3.63) is 58.4 Å². The SMILES string of the molecule is COc1cc(/C=N/n2c(-c3cccc(C)c3)n[nH]c2=S)ccc1O. The lowest BCUT2D eigenvalue weighted by Gasteiger charge is -2.04. The van der Waals surface area contributed by atoms with Gasteiger partial charge in [0.25, 0.3) is 0 Å². The van der Waals surface area contributed by atoms with Crippen LogP contribution in [0.1, 0.15) is 11.1 Å². The van der Waals surface area contributed by atoms with Gasteiger partial charge in [0.15, 0.2) is 17.3 Å². The molecule has 0 spiro atoms. The highest BCUT2D eigenvalue weighted by Crippen LogP contribution is 2.25. The second kappa shape index (κ2) is 6.67. The van der Waals surface area contributed by atoms with Crippen LogP contribution in [0.3, 0.4) is 0 Å². The van der Waals surface area contributed by atoms with Crippen molar-refractivity contribution in [1.29, 1.82) is 0 Å². The normalized spacial score (nSPS) is 11.1. The number of aromatic nitrogens is 3. The highest BCUT2D eigenvalue weighted by molar-refractivity contribution is 7.71. The number of aromatic hydroxyl groups is 1. The van der Waals surface area contributed by atoms with Crippen molar-refractivity contribution in [3.8, 4) is 22.9 Å². The highest BCUT2D eigenvalue weighted by atomic mass is 32.1. The van der Waals surface area contributed by atoms with Crippen molar-refractivity contribution in [2.24, 2.45) is 5.10 Å². The molecule has 6 nitrogen and oxygen atoms in total. The molecule has 0 saturated heterocycles. The minimum Gasteiger partial charge on any atom is -0.504 e. The van der Waals surface area contributed by atoms with Crippen LogP contribution in [0.5, 0.6) is 11.5 Å². The number of nitrogens with one attached hydrogen (secondary N) is 1. The van der Waals surface area contributed by atoms with Crippen LogP contribution < -0.4 is 4.74 Å². The van der Waals surface area contributed by atoms with Gasteiger partial charge >= 0.3 is 0 Å². The fourth-order valence-electron chi connectivity index (χ4n) is 2.27. The first-order valence-corrected chi connectivity index (χ1v) is 7.65. The van der Waals surface area contributed by atoms with E-state index in [2.05, 4.69) is 15.3 Å². The summed E-state index contributed by atoms with van der Waals surface area (Å²) in [6.45, 7) is 2.01. The van der Waals surface area contributed by atoms with E-state index in [1.54, 1.807) is 29.1 Å². The van der Waals surface area contributed by atoms with Gasteiger partial charge in [0.2, 0.25) is 4.77 Å². The van der Waals surface area contributed by atoms with Gasteiger partial charge < -0.3 is 9.84 Å². The summed E-state index contributed by atoms with van der Waals surface area (Å²) < 4.78 is 7.05. The molecule has 0 atom stereocenters. The molecule has 2 N–H and O–H groups in total. The second-order valence-corrected chi connectivity index (χ2v) is 5.60. The number of aromatic amines is 1. The van der Waals surface area contributed by atoms with Crippen LogP contribution in [0.2, 0.25) is 0 Å². The molecule has 24 heavy (non-hydrogen) atoms. The van der Waals surface area contributed by atoms with Crippen LogP contribution in [0.15, 0.2) is 47.6 Å². The third-order valence-electron chi connectivity index (χ3n) is 3.45. The molecule has 0 fully saturated rings. The molecular weight excluding hydrogens is 324 g/mol. The Hall–Kier alpha value is -2.93. The maximum absolute atomic E-state index is 9.64. The van der Waals surface area contributed by atoms with Gasteiger partial charge in [-0.05, 0) is 49.0 Å². The van der Waals surface area contributed by atoms with E-state index in [-0.39, 0.29) is 5.75 Å². The molecule has 0 unspecified atom stereocenters. The Bertz CT molecular complexity index is 959.